The minimum atomic E-state index is -0.311. The second-order valence-corrected chi connectivity index (χ2v) is 6.83. The van der Waals surface area contributed by atoms with Crippen LogP contribution in [0, 0.1) is 0 Å². The van der Waals surface area contributed by atoms with Gasteiger partial charge in [-0.05, 0) is 25.0 Å². The van der Waals surface area contributed by atoms with Crippen LogP contribution in [0.3, 0.4) is 0 Å². The topological polar surface area (TPSA) is 73.2 Å². The molecule has 7 heteroatoms. The third kappa shape index (κ3) is 3.90. The summed E-state index contributed by atoms with van der Waals surface area (Å²) in [4.78, 5) is 28.3. The maximum atomic E-state index is 12.4. The van der Waals surface area contributed by atoms with Gasteiger partial charge >= 0.3 is 5.97 Å². The number of aromatic nitrogens is 2. The molecular formula is C17H21N3O3S. The Labute approximate surface area is 145 Å². The summed E-state index contributed by atoms with van der Waals surface area (Å²) in [6.07, 6.45) is 4.47. The molecule has 1 heterocycles. The number of ether oxygens (including phenoxy) is 1. The summed E-state index contributed by atoms with van der Waals surface area (Å²) in [6, 6.07) is 7.96. The first-order chi connectivity index (χ1) is 11.7. The minimum Gasteiger partial charge on any atom is -0.468 e. The smallest absolute Gasteiger partial charge is 0.316 e. The summed E-state index contributed by atoms with van der Waals surface area (Å²) in [7, 11) is 1.36. The molecule has 1 aromatic carbocycles. The van der Waals surface area contributed by atoms with Crippen molar-refractivity contribution in [1.82, 2.24) is 14.9 Å². The Morgan fingerprint density at radius 2 is 2.08 bits per heavy atom. The lowest BCUT2D eigenvalue weighted by molar-refractivity contribution is -0.137. The third-order valence-electron chi connectivity index (χ3n) is 4.19. The average molecular weight is 347 g/mol. The second kappa shape index (κ2) is 7.70. The van der Waals surface area contributed by atoms with E-state index < -0.39 is 0 Å². The van der Waals surface area contributed by atoms with E-state index in [-0.39, 0.29) is 24.2 Å². The number of hydrogen-bond acceptors (Lipinski definition) is 5. The number of amides is 1. The molecule has 1 aromatic heterocycles. The highest BCUT2D eigenvalue weighted by Gasteiger charge is 2.19. The standard InChI is InChI=1S/C17H21N3O3S/c1-23-16(22)11-24-17-19-13-8-4-5-9-14(13)20(17)10-15(21)18-12-6-2-3-7-12/h4-5,8-9,12H,2-3,6-7,10-11H2,1H3,(H,18,21). The molecule has 1 N–H and O–H groups in total. The highest BCUT2D eigenvalue weighted by Crippen LogP contribution is 2.24. The molecule has 24 heavy (non-hydrogen) atoms. The lowest BCUT2D eigenvalue weighted by Crippen LogP contribution is -2.35. The van der Waals surface area contributed by atoms with E-state index in [1.54, 1.807) is 0 Å². The van der Waals surface area contributed by atoms with Gasteiger partial charge in [0.1, 0.15) is 6.54 Å². The molecule has 0 unspecified atom stereocenters. The molecule has 1 aliphatic rings. The van der Waals surface area contributed by atoms with Gasteiger partial charge in [0.25, 0.3) is 0 Å². The van der Waals surface area contributed by atoms with Crippen LogP contribution >= 0.6 is 11.8 Å². The van der Waals surface area contributed by atoms with Crippen molar-refractivity contribution < 1.29 is 14.3 Å². The highest BCUT2D eigenvalue weighted by atomic mass is 32.2. The fourth-order valence-electron chi connectivity index (χ4n) is 2.99. The Kier molecular flexibility index (Phi) is 5.40. The number of rotatable bonds is 6. The molecule has 2 aromatic rings. The van der Waals surface area contributed by atoms with Crippen LogP contribution in [0.1, 0.15) is 25.7 Å². The predicted octanol–water partition coefficient (Wildman–Crippen LogP) is 2.36. The van der Waals surface area contributed by atoms with Crippen LogP contribution in [-0.2, 0) is 20.9 Å². The Morgan fingerprint density at radius 1 is 1.33 bits per heavy atom. The summed E-state index contributed by atoms with van der Waals surface area (Å²) >= 11 is 1.29. The summed E-state index contributed by atoms with van der Waals surface area (Å²) in [5, 5.41) is 3.75. The molecule has 0 saturated heterocycles. The van der Waals surface area contributed by atoms with Crippen LogP contribution in [0.25, 0.3) is 11.0 Å². The van der Waals surface area contributed by atoms with Crippen molar-refractivity contribution in [3.63, 3.8) is 0 Å². The van der Waals surface area contributed by atoms with Crippen LogP contribution in [0.15, 0.2) is 29.4 Å². The monoisotopic (exact) mass is 347 g/mol. The minimum absolute atomic E-state index is 0.00929. The first-order valence-electron chi connectivity index (χ1n) is 8.11. The van der Waals surface area contributed by atoms with E-state index in [4.69, 9.17) is 0 Å². The summed E-state index contributed by atoms with van der Waals surface area (Å²) in [5.41, 5.74) is 1.71. The van der Waals surface area contributed by atoms with Gasteiger partial charge in [-0.2, -0.15) is 0 Å². The van der Waals surface area contributed by atoms with Gasteiger partial charge in [-0.3, -0.25) is 9.59 Å². The molecule has 0 atom stereocenters. The largest absolute Gasteiger partial charge is 0.468 e. The number of benzene rings is 1. The van der Waals surface area contributed by atoms with Crippen LogP contribution < -0.4 is 5.32 Å². The van der Waals surface area contributed by atoms with Gasteiger partial charge < -0.3 is 14.6 Å². The maximum Gasteiger partial charge on any atom is 0.316 e. The lowest BCUT2D eigenvalue weighted by Gasteiger charge is -2.13. The first-order valence-corrected chi connectivity index (χ1v) is 9.10. The lowest BCUT2D eigenvalue weighted by atomic mass is 10.2. The zero-order chi connectivity index (χ0) is 16.9. The van der Waals surface area contributed by atoms with Crippen molar-refractivity contribution in [2.45, 2.75) is 43.4 Å². The third-order valence-corrected chi connectivity index (χ3v) is 5.14. The number of hydrogen-bond donors (Lipinski definition) is 1. The molecule has 0 aliphatic heterocycles. The summed E-state index contributed by atoms with van der Waals surface area (Å²) < 4.78 is 6.55. The number of thioether (sulfide) groups is 1. The Balaban J connectivity index is 1.78. The number of para-hydroxylation sites is 2. The summed E-state index contributed by atoms with van der Waals surface area (Å²) in [6.45, 7) is 0.209. The van der Waals surface area contributed by atoms with Gasteiger partial charge in [0, 0.05) is 6.04 Å². The fourth-order valence-corrected chi connectivity index (χ4v) is 3.83. The van der Waals surface area contributed by atoms with Crippen molar-refractivity contribution in [1.29, 1.82) is 0 Å². The first kappa shape index (κ1) is 16.8. The molecule has 0 bridgehead atoms. The molecule has 1 saturated carbocycles. The molecule has 1 amide bonds. The zero-order valence-corrected chi connectivity index (χ0v) is 14.5. The van der Waals surface area contributed by atoms with Gasteiger partial charge in [-0.25, -0.2) is 4.98 Å². The van der Waals surface area contributed by atoms with Crippen molar-refractivity contribution >= 4 is 34.7 Å². The number of carbonyl (C=O) groups excluding carboxylic acids is 2. The van der Waals surface area contributed by atoms with Crippen LogP contribution in [0.5, 0.6) is 0 Å². The van der Waals surface area contributed by atoms with E-state index in [1.165, 1.54) is 31.7 Å². The number of nitrogens with one attached hydrogen (secondary N) is 1. The Bertz CT molecular complexity index is 738. The molecule has 0 spiro atoms. The van der Waals surface area contributed by atoms with Gasteiger partial charge in [-0.1, -0.05) is 36.7 Å². The Hall–Kier alpha value is -2.02. The van der Waals surface area contributed by atoms with Crippen LogP contribution in [-0.4, -0.2) is 40.3 Å². The zero-order valence-electron chi connectivity index (χ0n) is 13.7. The van der Waals surface area contributed by atoms with E-state index in [0.717, 1.165) is 23.9 Å². The van der Waals surface area contributed by atoms with Crippen molar-refractivity contribution in [3.05, 3.63) is 24.3 Å². The van der Waals surface area contributed by atoms with Crippen LogP contribution in [0.2, 0.25) is 0 Å². The molecule has 128 valence electrons. The molecule has 6 nitrogen and oxygen atoms in total. The number of carbonyl (C=O) groups is 2. The second-order valence-electron chi connectivity index (χ2n) is 5.88. The number of fused-ring (bicyclic) bond motifs is 1. The quantitative estimate of drug-likeness (QED) is 0.641. The van der Waals surface area contributed by atoms with Crippen molar-refractivity contribution in [2.75, 3.05) is 12.9 Å². The van der Waals surface area contributed by atoms with Crippen LogP contribution in [0.4, 0.5) is 0 Å². The number of imidazole rings is 1. The Morgan fingerprint density at radius 3 is 2.83 bits per heavy atom. The SMILES string of the molecule is COC(=O)CSc1nc2ccccc2n1CC(=O)NC1CCCC1. The van der Waals surface area contributed by atoms with E-state index in [9.17, 15) is 9.59 Å². The van der Waals surface area contributed by atoms with Gasteiger partial charge in [0.2, 0.25) is 5.91 Å². The normalized spacial score (nSPS) is 14.9. The number of esters is 1. The summed E-state index contributed by atoms with van der Waals surface area (Å²) in [5.74, 6) is -0.150. The van der Waals surface area contributed by atoms with E-state index in [2.05, 4.69) is 15.0 Å². The fraction of sp³-hybridized carbons (Fsp3) is 0.471. The molecular weight excluding hydrogens is 326 g/mol. The molecule has 1 aliphatic carbocycles. The number of methoxy groups -OCH3 is 1. The molecule has 1 fully saturated rings. The molecule has 0 radical (unpaired) electrons. The van der Waals surface area contributed by atoms with E-state index >= 15 is 0 Å². The van der Waals surface area contributed by atoms with E-state index in [0.29, 0.717) is 11.2 Å². The van der Waals surface area contributed by atoms with Crippen molar-refractivity contribution in [3.8, 4) is 0 Å². The molecule has 3 rings (SSSR count). The maximum absolute atomic E-state index is 12.4. The average Bonchev–Trinajstić information content (AvgIpc) is 3.21. The number of nitrogens with zero attached hydrogens (tertiary/aromatic N) is 2. The van der Waals surface area contributed by atoms with Crippen molar-refractivity contribution in [2.24, 2.45) is 0 Å². The van der Waals surface area contributed by atoms with Gasteiger partial charge in [0.05, 0.1) is 23.9 Å². The van der Waals surface area contributed by atoms with E-state index in [1.807, 2.05) is 28.8 Å². The van der Waals surface area contributed by atoms with Gasteiger partial charge in [0.15, 0.2) is 5.16 Å². The predicted molar refractivity (Wildman–Crippen MR) is 92.9 cm³/mol. The highest BCUT2D eigenvalue weighted by molar-refractivity contribution is 7.99. The van der Waals surface area contributed by atoms with Gasteiger partial charge in [-0.15, -0.1) is 0 Å².